The molecule has 0 saturated carbocycles. The summed E-state index contributed by atoms with van der Waals surface area (Å²) in [6.07, 6.45) is 2.73. The van der Waals surface area contributed by atoms with E-state index in [-0.39, 0.29) is 11.3 Å². The molecular formula is C13H11NO4. The largest absolute Gasteiger partial charge is 0.497 e. The molecule has 0 unspecified atom stereocenters. The zero-order valence-corrected chi connectivity index (χ0v) is 9.66. The van der Waals surface area contributed by atoms with Crippen molar-refractivity contribution in [2.45, 2.75) is 0 Å². The number of methoxy groups -OCH3 is 1. The Labute approximate surface area is 104 Å². The molecule has 0 aliphatic carbocycles. The van der Waals surface area contributed by atoms with E-state index in [0.717, 1.165) is 0 Å². The number of benzene rings is 1. The first-order valence-corrected chi connectivity index (χ1v) is 5.20. The van der Waals surface area contributed by atoms with Gasteiger partial charge in [0.1, 0.15) is 22.8 Å². The van der Waals surface area contributed by atoms with Crippen LogP contribution in [0.25, 0.3) is 0 Å². The van der Waals surface area contributed by atoms with E-state index in [2.05, 4.69) is 4.98 Å². The topological polar surface area (TPSA) is 68.7 Å². The van der Waals surface area contributed by atoms with Gasteiger partial charge in [-0.15, -0.1) is 0 Å². The third kappa shape index (κ3) is 2.57. The number of pyridine rings is 1. The van der Waals surface area contributed by atoms with Crippen molar-refractivity contribution in [3.63, 3.8) is 0 Å². The Morgan fingerprint density at radius 3 is 2.44 bits per heavy atom. The van der Waals surface area contributed by atoms with Crippen molar-refractivity contribution >= 4 is 5.97 Å². The lowest BCUT2D eigenvalue weighted by atomic mass is 10.2. The third-order valence-corrected chi connectivity index (χ3v) is 2.30. The first-order valence-electron chi connectivity index (χ1n) is 5.20. The molecule has 0 atom stereocenters. The molecule has 1 heterocycles. The van der Waals surface area contributed by atoms with Gasteiger partial charge in [-0.05, 0) is 24.3 Å². The zero-order valence-electron chi connectivity index (χ0n) is 9.66. The maximum Gasteiger partial charge on any atom is 0.341 e. The second-order valence-electron chi connectivity index (χ2n) is 3.45. The minimum Gasteiger partial charge on any atom is -0.497 e. The fourth-order valence-corrected chi connectivity index (χ4v) is 1.40. The van der Waals surface area contributed by atoms with Gasteiger partial charge >= 0.3 is 5.97 Å². The summed E-state index contributed by atoms with van der Waals surface area (Å²) in [5.41, 5.74) is 0.0216. The van der Waals surface area contributed by atoms with Crippen LogP contribution < -0.4 is 9.47 Å². The van der Waals surface area contributed by atoms with Crippen LogP contribution in [0.2, 0.25) is 0 Å². The summed E-state index contributed by atoms with van der Waals surface area (Å²) in [7, 11) is 1.57. The molecule has 0 spiro atoms. The summed E-state index contributed by atoms with van der Waals surface area (Å²) in [5.74, 6) is 0.411. The normalized spacial score (nSPS) is 9.83. The Kier molecular flexibility index (Phi) is 3.43. The quantitative estimate of drug-likeness (QED) is 0.896. The number of carboxylic acid groups (broad SMARTS) is 1. The molecule has 2 aromatic rings. The lowest BCUT2D eigenvalue weighted by molar-refractivity contribution is 0.0693. The van der Waals surface area contributed by atoms with Crippen molar-refractivity contribution in [3.05, 3.63) is 48.3 Å². The number of hydrogen-bond donors (Lipinski definition) is 1. The minimum absolute atomic E-state index is 0.0216. The number of hydrogen-bond acceptors (Lipinski definition) is 4. The van der Waals surface area contributed by atoms with Crippen LogP contribution in [0.3, 0.4) is 0 Å². The molecule has 1 aromatic heterocycles. The number of carbonyl (C=O) groups is 1. The monoisotopic (exact) mass is 245 g/mol. The van der Waals surface area contributed by atoms with E-state index in [4.69, 9.17) is 14.6 Å². The van der Waals surface area contributed by atoms with Crippen molar-refractivity contribution in [1.29, 1.82) is 0 Å². The highest BCUT2D eigenvalue weighted by molar-refractivity contribution is 5.90. The molecule has 5 nitrogen and oxygen atoms in total. The fraction of sp³-hybridized carbons (Fsp3) is 0.0769. The molecule has 0 radical (unpaired) electrons. The van der Waals surface area contributed by atoms with Crippen LogP contribution in [0.1, 0.15) is 10.4 Å². The first kappa shape index (κ1) is 11.9. The Hall–Kier alpha value is -2.56. The van der Waals surface area contributed by atoms with E-state index in [0.29, 0.717) is 11.5 Å². The Morgan fingerprint density at radius 1 is 1.17 bits per heavy atom. The molecular weight excluding hydrogens is 234 g/mol. The number of aromatic carboxylic acids is 1. The van der Waals surface area contributed by atoms with Crippen LogP contribution in [0.5, 0.6) is 17.2 Å². The summed E-state index contributed by atoms with van der Waals surface area (Å²) in [6.45, 7) is 0. The first-order chi connectivity index (χ1) is 8.70. The third-order valence-electron chi connectivity index (χ3n) is 2.30. The predicted octanol–water partition coefficient (Wildman–Crippen LogP) is 2.58. The number of carboxylic acids is 1. The van der Waals surface area contributed by atoms with Gasteiger partial charge in [-0.25, -0.2) is 4.79 Å². The predicted molar refractivity (Wildman–Crippen MR) is 64.3 cm³/mol. The Balaban J connectivity index is 2.25. The molecule has 0 amide bonds. The highest BCUT2D eigenvalue weighted by Gasteiger charge is 2.11. The molecule has 2 rings (SSSR count). The number of aromatic nitrogens is 1. The SMILES string of the molecule is COc1ccc(Oc2ccncc2C(=O)O)cc1. The van der Waals surface area contributed by atoms with Crippen LogP contribution in [-0.2, 0) is 0 Å². The van der Waals surface area contributed by atoms with Crippen LogP contribution in [0.4, 0.5) is 0 Å². The molecule has 0 aliphatic heterocycles. The molecule has 5 heteroatoms. The average Bonchev–Trinajstić information content (AvgIpc) is 2.40. The van der Waals surface area contributed by atoms with Gasteiger partial charge in [0.25, 0.3) is 0 Å². The van der Waals surface area contributed by atoms with Crippen LogP contribution in [-0.4, -0.2) is 23.2 Å². The molecule has 0 saturated heterocycles. The molecule has 18 heavy (non-hydrogen) atoms. The van der Waals surface area contributed by atoms with Gasteiger partial charge in [0.05, 0.1) is 7.11 Å². The lowest BCUT2D eigenvalue weighted by Crippen LogP contribution is -2.00. The van der Waals surface area contributed by atoms with E-state index >= 15 is 0 Å². The van der Waals surface area contributed by atoms with E-state index in [1.807, 2.05) is 0 Å². The van der Waals surface area contributed by atoms with E-state index in [1.54, 1.807) is 31.4 Å². The molecule has 92 valence electrons. The van der Waals surface area contributed by atoms with Crippen molar-refractivity contribution in [2.24, 2.45) is 0 Å². The van der Waals surface area contributed by atoms with Crippen molar-refractivity contribution in [3.8, 4) is 17.2 Å². The minimum atomic E-state index is -1.08. The second-order valence-corrected chi connectivity index (χ2v) is 3.45. The number of nitrogens with zero attached hydrogens (tertiary/aromatic N) is 1. The van der Waals surface area contributed by atoms with E-state index in [9.17, 15) is 4.79 Å². The molecule has 0 aliphatic rings. The molecule has 1 N–H and O–H groups in total. The van der Waals surface area contributed by atoms with Crippen molar-refractivity contribution < 1.29 is 19.4 Å². The molecule has 1 aromatic carbocycles. The van der Waals surface area contributed by atoms with Gasteiger partial charge in [-0.1, -0.05) is 0 Å². The average molecular weight is 245 g/mol. The van der Waals surface area contributed by atoms with Crippen LogP contribution >= 0.6 is 0 Å². The second kappa shape index (κ2) is 5.18. The Bertz CT molecular complexity index is 551. The summed E-state index contributed by atoms with van der Waals surface area (Å²) in [5, 5.41) is 8.99. The standard InChI is InChI=1S/C13H11NO4/c1-17-9-2-4-10(5-3-9)18-12-6-7-14-8-11(12)13(15)16/h2-8H,1H3,(H,15,16). The number of ether oxygens (including phenoxy) is 2. The zero-order chi connectivity index (χ0) is 13.0. The smallest absolute Gasteiger partial charge is 0.341 e. The summed E-state index contributed by atoms with van der Waals surface area (Å²) >= 11 is 0. The van der Waals surface area contributed by atoms with Gasteiger partial charge in [-0.3, -0.25) is 4.98 Å². The van der Waals surface area contributed by atoms with E-state index < -0.39 is 5.97 Å². The maximum atomic E-state index is 11.0. The van der Waals surface area contributed by atoms with Gasteiger partial charge in [0.15, 0.2) is 0 Å². The Morgan fingerprint density at radius 2 is 1.83 bits per heavy atom. The van der Waals surface area contributed by atoms with Crippen LogP contribution in [0, 0.1) is 0 Å². The van der Waals surface area contributed by atoms with Gasteiger partial charge < -0.3 is 14.6 Å². The fourth-order valence-electron chi connectivity index (χ4n) is 1.40. The lowest BCUT2D eigenvalue weighted by Gasteiger charge is -2.08. The van der Waals surface area contributed by atoms with Gasteiger partial charge in [-0.2, -0.15) is 0 Å². The maximum absolute atomic E-state index is 11.0. The molecule has 0 fully saturated rings. The summed E-state index contributed by atoms with van der Waals surface area (Å²) in [4.78, 5) is 14.7. The van der Waals surface area contributed by atoms with Gasteiger partial charge in [0, 0.05) is 18.5 Å². The van der Waals surface area contributed by atoms with Crippen molar-refractivity contribution in [1.82, 2.24) is 4.98 Å². The highest BCUT2D eigenvalue weighted by Crippen LogP contribution is 2.26. The van der Waals surface area contributed by atoms with Crippen LogP contribution in [0.15, 0.2) is 42.7 Å². The van der Waals surface area contributed by atoms with Gasteiger partial charge in [0.2, 0.25) is 0 Å². The molecule has 0 bridgehead atoms. The van der Waals surface area contributed by atoms with Crippen molar-refractivity contribution in [2.75, 3.05) is 7.11 Å². The summed E-state index contributed by atoms with van der Waals surface area (Å²) in [6, 6.07) is 8.37. The number of rotatable bonds is 4. The summed E-state index contributed by atoms with van der Waals surface area (Å²) < 4.78 is 10.5. The van der Waals surface area contributed by atoms with E-state index in [1.165, 1.54) is 18.5 Å². The highest BCUT2D eigenvalue weighted by atomic mass is 16.5.